The Labute approximate surface area is 120 Å². The Balaban J connectivity index is 2.13. The van der Waals surface area contributed by atoms with Crippen LogP contribution in [0.5, 0.6) is 5.75 Å². The fraction of sp³-hybridized carbons (Fsp3) is 0.562. The second-order valence-electron chi connectivity index (χ2n) is 5.41. The van der Waals surface area contributed by atoms with Crippen LogP contribution in [-0.2, 0) is 0 Å². The first-order valence-corrected chi connectivity index (χ1v) is 7.33. The Morgan fingerprint density at radius 2 is 2.30 bits per heavy atom. The highest BCUT2D eigenvalue weighted by atomic mass is 16.5. The number of methoxy groups -OCH3 is 1. The van der Waals surface area contributed by atoms with E-state index in [4.69, 9.17) is 10.5 Å². The Kier molecular flexibility index (Phi) is 5.01. The van der Waals surface area contributed by atoms with Gasteiger partial charge in [-0.2, -0.15) is 0 Å². The predicted molar refractivity (Wildman–Crippen MR) is 80.1 cm³/mol. The van der Waals surface area contributed by atoms with Gasteiger partial charge in [-0.3, -0.25) is 4.79 Å². The predicted octanol–water partition coefficient (Wildman–Crippen LogP) is 2.35. The second kappa shape index (κ2) is 6.75. The van der Waals surface area contributed by atoms with E-state index < -0.39 is 0 Å². The summed E-state index contributed by atoms with van der Waals surface area (Å²) in [6, 6.07) is 6.02. The van der Waals surface area contributed by atoms with E-state index in [-0.39, 0.29) is 5.91 Å². The molecule has 1 atom stereocenters. The first kappa shape index (κ1) is 14.9. The fourth-order valence-corrected chi connectivity index (χ4v) is 2.88. The van der Waals surface area contributed by atoms with Gasteiger partial charge in [0.05, 0.1) is 7.11 Å². The molecule has 1 aromatic carbocycles. The van der Waals surface area contributed by atoms with Gasteiger partial charge in [0.2, 0.25) is 0 Å². The molecule has 4 heteroatoms. The van der Waals surface area contributed by atoms with Crippen molar-refractivity contribution in [3.05, 3.63) is 29.3 Å². The van der Waals surface area contributed by atoms with Crippen molar-refractivity contribution in [3.8, 4) is 5.75 Å². The third kappa shape index (κ3) is 3.12. The molecule has 20 heavy (non-hydrogen) atoms. The zero-order chi connectivity index (χ0) is 14.5. The summed E-state index contributed by atoms with van der Waals surface area (Å²) in [6.45, 7) is 3.52. The SMILES string of the molecule is COc1cc(C(=O)N2CCCC2CCCN)ccc1C. The summed E-state index contributed by atoms with van der Waals surface area (Å²) in [5, 5.41) is 0. The summed E-state index contributed by atoms with van der Waals surface area (Å²) in [6.07, 6.45) is 4.16. The van der Waals surface area contributed by atoms with Gasteiger partial charge in [0, 0.05) is 18.2 Å². The number of carbonyl (C=O) groups is 1. The van der Waals surface area contributed by atoms with Crippen molar-refractivity contribution >= 4 is 5.91 Å². The van der Waals surface area contributed by atoms with Crippen molar-refractivity contribution in [3.63, 3.8) is 0 Å². The molecule has 0 aromatic heterocycles. The maximum absolute atomic E-state index is 12.6. The van der Waals surface area contributed by atoms with Gasteiger partial charge in [0.1, 0.15) is 5.75 Å². The molecule has 1 aromatic rings. The minimum absolute atomic E-state index is 0.114. The summed E-state index contributed by atoms with van der Waals surface area (Å²) in [7, 11) is 1.64. The van der Waals surface area contributed by atoms with Gasteiger partial charge in [0.15, 0.2) is 0 Å². The lowest BCUT2D eigenvalue weighted by Crippen LogP contribution is -2.35. The van der Waals surface area contributed by atoms with E-state index >= 15 is 0 Å². The number of ether oxygens (including phenoxy) is 1. The van der Waals surface area contributed by atoms with E-state index in [2.05, 4.69) is 0 Å². The maximum atomic E-state index is 12.6. The highest BCUT2D eigenvalue weighted by Gasteiger charge is 2.29. The summed E-state index contributed by atoms with van der Waals surface area (Å²) in [5.74, 6) is 0.886. The van der Waals surface area contributed by atoms with Crippen LogP contribution < -0.4 is 10.5 Å². The van der Waals surface area contributed by atoms with E-state index in [9.17, 15) is 4.79 Å². The van der Waals surface area contributed by atoms with E-state index in [1.807, 2.05) is 30.0 Å². The Morgan fingerprint density at radius 1 is 1.50 bits per heavy atom. The fourth-order valence-electron chi connectivity index (χ4n) is 2.88. The Hall–Kier alpha value is -1.55. The van der Waals surface area contributed by atoms with E-state index in [1.165, 1.54) is 0 Å². The van der Waals surface area contributed by atoms with Crippen LogP contribution >= 0.6 is 0 Å². The van der Waals surface area contributed by atoms with Crippen LogP contribution in [0.1, 0.15) is 41.6 Å². The van der Waals surface area contributed by atoms with Gasteiger partial charge in [-0.1, -0.05) is 6.07 Å². The summed E-state index contributed by atoms with van der Waals surface area (Å²) >= 11 is 0. The van der Waals surface area contributed by atoms with Gasteiger partial charge in [-0.25, -0.2) is 0 Å². The number of benzene rings is 1. The summed E-state index contributed by atoms with van der Waals surface area (Å²) < 4.78 is 5.30. The first-order chi connectivity index (χ1) is 9.67. The highest BCUT2D eigenvalue weighted by molar-refractivity contribution is 5.95. The van der Waals surface area contributed by atoms with E-state index in [0.29, 0.717) is 18.2 Å². The van der Waals surface area contributed by atoms with Crippen LogP contribution in [0.15, 0.2) is 18.2 Å². The van der Waals surface area contributed by atoms with Crippen molar-refractivity contribution in [2.45, 2.75) is 38.6 Å². The van der Waals surface area contributed by atoms with Crippen molar-refractivity contribution < 1.29 is 9.53 Å². The highest BCUT2D eigenvalue weighted by Crippen LogP contribution is 2.25. The van der Waals surface area contributed by atoms with Crippen LogP contribution in [0.2, 0.25) is 0 Å². The van der Waals surface area contributed by atoms with Crippen molar-refractivity contribution in [1.82, 2.24) is 4.90 Å². The number of hydrogen-bond donors (Lipinski definition) is 1. The molecule has 1 aliphatic heterocycles. The van der Waals surface area contributed by atoms with E-state index in [1.54, 1.807) is 7.11 Å². The molecule has 2 N–H and O–H groups in total. The monoisotopic (exact) mass is 276 g/mol. The van der Waals surface area contributed by atoms with E-state index in [0.717, 1.165) is 43.5 Å². The summed E-state index contributed by atoms with van der Waals surface area (Å²) in [4.78, 5) is 14.6. The molecule has 0 aliphatic carbocycles. The average molecular weight is 276 g/mol. The molecule has 1 heterocycles. The third-order valence-electron chi connectivity index (χ3n) is 4.03. The molecule has 1 unspecified atom stereocenters. The smallest absolute Gasteiger partial charge is 0.254 e. The normalized spacial score (nSPS) is 18.4. The molecule has 1 saturated heterocycles. The largest absolute Gasteiger partial charge is 0.496 e. The van der Waals surface area contributed by atoms with Crippen molar-refractivity contribution in [2.24, 2.45) is 5.73 Å². The lowest BCUT2D eigenvalue weighted by atomic mass is 10.1. The van der Waals surface area contributed by atoms with Gasteiger partial charge in [-0.15, -0.1) is 0 Å². The summed E-state index contributed by atoms with van der Waals surface area (Å²) in [5.41, 5.74) is 7.34. The van der Waals surface area contributed by atoms with Crippen molar-refractivity contribution in [2.75, 3.05) is 20.2 Å². The molecule has 1 amide bonds. The van der Waals surface area contributed by atoms with Gasteiger partial charge in [0.25, 0.3) is 5.91 Å². The molecule has 0 saturated carbocycles. The second-order valence-corrected chi connectivity index (χ2v) is 5.41. The number of carbonyl (C=O) groups excluding carboxylic acids is 1. The molecule has 0 spiro atoms. The molecule has 1 aliphatic rings. The van der Waals surface area contributed by atoms with Crippen LogP contribution in [0.25, 0.3) is 0 Å². The number of likely N-dealkylation sites (tertiary alicyclic amines) is 1. The van der Waals surface area contributed by atoms with Crippen molar-refractivity contribution in [1.29, 1.82) is 0 Å². The Bertz CT molecular complexity index is 474. The number of nitrogens with zero attached hydrogens (tertiary/aromatic N) is 1. The van der Waals surface area contributed by atoms with Crippen LogP contribution in [-0.4, -0.2) is 37.0 Å². The lowest BCUT2D eigenvalue weighted by Gasteiger charge is -2.25. The van der Waals surface area contributed by atoms with Gasteiger partial charge >= 0.3 is 0 Å². The Morgan fingerprint density at radius 3 is 3.00 bits per heavy atom. The standard InChI is InChI=1S/C16H24N2O2/c1-12-7-8-13(11-15(12)20-2)16(19)18-10-4-6-14(18)5-3-9-17/h7-8,11,14H,3-6,9-10,17H2,1-2H3. The van der Waals surface area contributed by atoms with Crippen LogP contribution in [0.3, 0.4) is 0 Å². The molecule has 0 bridgehead atoms. The average Bonchev–Trinajstić information content (AvgIpc) is 2.93. The number of rotatable bonds is 5. The minimum atomic E-state index is 0.114. The number of hydrogen-bond acceptors (Lipinski definition) is 3. The third-order valence-corrected chi connectivity index (χ3v) is 4.03. The van der Waals surface area contributed by atoms with Gasteiger partial charge in [-0.05, 0) is 56.8 Å². The number of aryl methyl sites for hydroxylation is 1. The first-order valence-electron chi connectivity index (χ1n) is 7.33. The number of amides is 1. The zero-order valence-electron chi connectivity index (χ0n) is 12.4. The molecular formula is C16H24N2O2. The zero-order valence-corrected chi connectivity index (χ0v) is 12.4. The van der Waals surface area contributed by atoms with Gasteiger partial charge < -0.3 is 15.4 Å². The minimum Gasteiger partial charge on any atom is -0.496 e. The van der Waals surface area contributed by atoms with Crippen LogP contribution in [0, 0.1) is 6.92 Å². The lowest BCUT2D eigenvalue weighted by molar-refractivity contribution is 0.0729. The van der Waals surface area contributed by atoms with Crippen LogP contribution in [0.4, 0.5) is 0 Å². The molecule has 4 nitrogen and oxygen atoms in total. The topological polar surface area (TPSA) is 55.6 Å². The molecule has 1 fully saturated rings. The molecule has 0 radical (unpaired) electrons. The quantitative estimate of drug-likeness (QED) is 0.898. The molecular weight excluding hydrogens is 252 g/mol. The maximum Gasteiger partial charge on any atom is 0.254 e. The molecule has 2 rings (SSSR count). The number of nitrogens with two attached hydrogens (primary N) is 1. The molecule has 110 valence electrons.